The van der Waals surface area contributed by atoms with E-state index in [0.717, 1.165) is 28.0 Å². The van der Waals surface area contributed by atoms with Gasteiger partial charge in [-0.2, -0.15) is 0 Å². The number of fused-ring (bicyclic) bond motifs is 4. The molecule has 0 spiro atoms. The van der Waals surface area contributed by atoms with E-state index < -0.39 is 10.8 Å². The number of halogens is 1. The Balaban J connectivity index is 0.000000129. The number of hydrogen-bond donors (Lipinski definition) is 0. The summed E-state index contributed by atoms with van der Waals surface area (Å²) >= 11 is 3.59. The zero-order valence-corrected chi connectivity index (χ0v) is 68.5. The molecule has 1 nitrogen and oxygen atoms in total. The number of rotatable bonds is 15. The van der Waals surface area contributed by atoms with E-state index in [2.05, 4.69) is 518 Å². The molecule has 0 bridgehead atoms. The van der Waals surface area contributed by atoms with Gasteiger partial charge in [0, 0.05) is 21.5 Å². The van der Waals surface area contributed by atoms with Crippen LogP contribution in [-0.4, -0.2) is 0 Å². The van der Waals surface area contributed by atoms with Gasteiger partial charge in [-0.05, 0) is 233 Å². The van der Waals surface area contributed by atoms with Crippen LogP contribution in [0.25, 0.3) is 111 Å². The first-order chi connectivity index (χ1) is 59.9. The van der Waals surface area contributed by atoms with E-state index in [1.54, 1.807) is 0 Å². The lowest BCUT2D eigenvalue weighted by molar-refractivity contribution is 0.750. The van der Waals surface area contributed by atoms with Crippen LogP contribution >= 0.6 is 15.9 Å². The molecule has 0 saturated heterocycles. The van der Waals surface area contributed by atoms with Crippen molar-refractivity contribution in [3.05, 3.63) is 558 Å². The van der Waals surface area contributed by atoms with E-state index in [0.29, 0.717) is 0 Å². The predicted molar refractivity (Wildman–Crippen MR) is 513 cm³/mol. The molecule has 2 aliphatic carbocycles. The Kier molecular flexibility index (Phi) is 20.6. The van der Waals surface area contributed by atoms with Crippen molar-refractivity contribution < 1.29 is 0 Å². The van der Waals surface area contributed by atoms with Gasteiger partial charge in [0.2, 0.25) is 0 Å². The van der Waals surface area contributed by atoms with Crippen LogP contribution in [0.15, 0.2) is 502 Å². The maximum absolute atomic E-state index is 3.59. The van der Waals surface area contributed by atoms with Gasteiger partial charge < -0.3 is 4.90 Å². The molecule has 2 heteroatoms. The molecule has 20 aromatic carbocycles. The Morgan fingerprint density at radius 1 is 0.182 bits per heavy atom. The highest BCUT2D eigenvalue weighted by atomic mass is 79.9. The molecule has 0 heterocycles. The molecule has 20 aromatic rings. The molecule has 0 amide bonds. The molecular formula is C119H84BrN. The summed E-state index contributed by atoms with van der Waals surface area (Å²) < 4.78 is 1.09. The van der Waals surface area contributed by atoms with Gasteiger partial charge in [-0.3, -0.25) is 0 Å². The van der Waals surface area contributed by atoms with Crippen molar-refractivity contribution in [3.63, 3.8) is 0 Å². The van der Waals surface area contributed by atoms with Crippen LogP contribution in [0.4, 0.5) is 17.1 Å². The van der Waals surface area contributed by atoms with Gasteiger partial charge in [0.15, 0.2) is 0 Å². The first-order valence-electron chi connectivity index (χ1n) is 41.7. The highest BCUT2D eigenvalue weighted by molar-refractivity contribution is 9.10. The third-order valence-electron chi connectivity index (χ3n) is 24.4. The second-order valence-corrected chi connectivity index (χ2v) is 32.4. The molecule has 2 aliphatic rings. The molecule has 0 fully saturated rings. The maximum atomic E-state index is 3.59. The highest BCUT2D eigenvalue weighted by Gasteiger charge is 2.46. The molecule has 572 valence electrons. The second kappa shape index (κ2) is 33.3. The number of benzene rings is 20. The van der Waals surface area contributed by atoms with E-state index in [9.17, 15) is 0 Å². The molecule has 0 aromatic heterocycles. The molecule has 0 aliphatic heterocycles. The summed E-state index contributed by atoms with van der Waals surface area (Å²) in [5.41, 5.74) is 35.2. The Morgan fingerprint density at radius 2 is 0.455 bits per heavy atom. The number of nitrogens with zero attached hydrogens (tertiary/aromatic N) is 1. The van der Waals surface area contributed by atoms with E-state index in [4.69, 9.17) is 0 Å². The van der Waals surface area contributed by atoms with Crippen LogP contribution < -0.4 is 4.90 Å². The lowest BCUT2D eigenvalue weighted by Gasteiger charge is -2.42. The topological polar surface area (TPSA) is 3.24 Å². The van der Waals surface area contributed by atoms with Gasteiger partial charge in [0.05, 0.1) is 10.8 Å². The minimum atomic E-state index is -0.522. The SMILES string of the molecule is Brc1ccc(-c2ccc3c(c2)C(c2ccccc2)(c2ccccc2)c2cccc4cccc-3c24)cc1.c1ccc(-c2cccc(Cc3cccc(-c4ccccc4)c3)c2)cc1.c1ccc(-c2cccc(N(c3ccc(-c4ccc5c(c4)C(c4ccccc4)(c4ccccc4)c4cccc6cccc-5c46)cc3)c3cccc(-c4ccccc4)c3)c2)cc1. The Labute approximate surface area is 717 Å². The van der Waals surface area contributed by atoms with Crippen molar-refractivity contribution in [3.8, 4) is 89.0 Å². The number of hydrogen-bond acceptors (Lipinski definition) is 1. The van der Waals surface area contributed by atoms with E-state index in [1.165, 1.54) is 166 Å². The molecule has 0 saturated carbocycles. The third kappa shape index (κ3) is 14.4. The predicted octanol–water partition coefficient (Wildman–Crippen LogP) is 31.9. The van der Waals surface area contributed by atoms with Gasteiger partial charge in [0.25, 0.3) is 0 Å². The zero-order chi connectivity index (χ0) is 80.9. The summed E-state index contributed by atoms with van der Waals surface area (Å²) in [7, 11) is 0. The molecule has 0 atom stereocenters. The average molecular weight is 1610 g/mol. The van der Waals surface area contributed by atoms with Crippen molar-refractivity contribution in [2.75, 3.05) is 4.90 Å². The maximum Gasteiger partial charge on any atom is 0.0713 e. The van der Waals surface area contributed by atoms with E-state index in [-0.39, 0.29) is 0 Å². The van der Waals surface area contributed by atoms with Crippen LogP contribution in [0.2, 0.25) is 0 Å². The van der Waals surface area contributed by atoms with Crippen molar-refractivity contribution in [2.24, 2.45) is 0 Å². The fourth-order valence-corrected chi connectivity index (χ4v) is 19.2. The van der Waals surface area contributed by atoms with Crippen LogP contribution in [0.5, 0.6) is 0 Å². The van der Waals surface area contributed by atoms with Crippen molar-refractivity contribution in [1.29, 1.82) is 0 Å². The molecule has 0 radical (unpaired) electrons. The Hall–Kier alpha value is -14.8. The van der Waals surface area contributed by atoms with Gasteiger partial charge >= 0.3 is 0 Å². The monoisotopic (exact) mass is 1610 g/mol. The minimum absolute atomic E-state index is 0.433. The lowest BCUT2D eigenvalue weighted by Crippen LogP contribution is -2.34. The first kappa shape index (κ1) is 75.0. The molecule has 0 N–H and O–H groups in total. The Bertz CT molecular complexity index is 6800. The van der Waals surface area contributed by atoms with Crippen molar-refractivity contribution in [1.82, 2.24) is 0 Å². The highest BCUT2D eigenvalue weighted by Crippen LogP contribution is 2.58. The third-order valence-corrected chi connectivity index (χ3v) is 24.9. The van der Waals surface area contributed by atoms with Gasteiger partial charge in [-0.25, -0.2) is 0 Å². The summed E-state index contributed by atoms with van der Waals surface area (Å²) in [4.78, 5) is 2.38. The Morgan fingerprint density at radius 3 is 0.810 bits per heavy atom. The molecular weight excluding hydrogens is 1520 g/mol. The standard InChI is InChI=1S/C59H41N.C35H23Br.C25H20/c1-5-17-42(18-6-1)46-23-13-29-52(39-46)60(53-30-14-24-47(40-53)43-19-7-2-8-20-43)51-36-33-44(34-37-51)48-35-38-54-55-31-15-21-45-22-16-32-56(58(45)55)59(57(54)41-48,49-25-9-3-10-26-49)50-27-11-4-12-28-50;36-29-20-17-24(18-21-29)26-19-22-30-31-15-7-9-25-10-8-16-32(34(25)31)35(33(30)23-26,27-11-3-1-4-12-27)28-13-5-2-6-14-28;1-3-11-22(12-4-1)24-15-7-9-20(18-24)17-21-10-8-16-25(19-21)23-13-5-2-6-14-23/h1-41H;1-23H;1-16,18-19H,17H2. The molecule has 121 heavy (non-hydrogen) atoms. The van der Waals surface area contributed by atoms with Crippen LogP contribution in [0.1, 0.15) is 55.6 Å². The van der Waals surface area contributed by atoms with E-state index >= 15 is 0 Å². The van der Waals surface area contributed by atoms with Crippen molar-refractivity contribution >= 4 is 54.5 Å². The molecule has 0 unspecified atom stereocenters. The van der Waals surface area contributed by atoms with Gasteiger partial charge in [0.1, 0.15) is 0 Å². The van der Waals surface area contributed by atoms with Gasteiger partial charge in [-0.1, -0.05) is 453 Å². The zero-order valence-electron chi connectivity index (χ0n) is 66.9. The number of anilines is 3. The largest absolute Gasteiger partial charge is 0.310 e. The summed E-state index contributed by atoms with van der Waals surface area (Å²) in [5, 5.41) is 5.21. The van der Waals surface area contributed by atoms with Crippen LogP contribution in [0, 0.1) is 0 Å². The summed E-state index contributed by atoms with van der Waals surface area (Å²) in [6, 6.07) is 181. The van der Waals surface area contributed by atoms with Crippen LogP contribution in [-0.2, 0) is 17.3 Å². The lowest BCUT2D eigenvalue weighted by atomic mass is 9.59. The minimum Gasteiger partial charge on any atom is -0.310 e. The second-order valence-electron chi connectivity index (χ2n) is 31.4. The summed E-state index contributed by atoms with van der Waals surface area (Å²) in [6.07, 6.45) is 0.946. The average Bonchev–Trinajstić information content (AvgIpc) is 0.695. The van der Waals surface area contributed by atoms with Crippen LogP contribution in [0.3, 0.4) is 0 Å². The smallest absolute Gasteiger partial charge is 0.0713 e. The molecule has 22 rings (SSSR count). The fourth-order valence-electron chi connectivity index (χ4n) is 18.9. The van der Waals surface area contributed by atoms with Gasteiger partial charge in [-0.15, -0.1) is 0 Å². The quantitative estimate of drug-likeness (QED) is 0.0989. The summed E-state index contributed by atoms with van der Waals surface area (Å²) in [6.45, 7) is 0. The fraction of sp³-hybridized carbons (Fsp3) is 0.0252. The summed E-state index contributed by atoms with van der Waals surface area (Å²) in [5.74, 6) is 0. The van der Waals surface area contributed by atoms with E-state index in [1.807, 2.05) is 0 Å². The first-order valence-corrected chi connectivity index (χ1v) is 42.5. The van der Waals surface area contributed by atoms with Crippen molar-refractivity contribution in [2.45, 2.75) is 17.3 Å². The normalized spacial score (nSPS) is 12.3.